The number of carbonyl (C=O) groups excluding carboxylic acids is 1. The van der Waals surface area contributed by atoms with Crippen molar-refractivity contribution in [3.63, 3.8) is 0 Å². The molecule has 8 heteroatoms. The second-order valence-corrected chi connectivity index (χ2v) is 10.1. The summed E-state index contributed by atoms with van der Waals surface area (Å²) in [5.41, 5.74) is 1.62. The van der Waals surface area contributed by atoms with Crippen molar-refractivity contribution in [2.24, 2.45) is 4.99 Å². The van der Waals surface area contributed by atoms with Crippen LogP contribution in [-0.2, 0) is 21.1 Å². The number of hydrogen-bond donors (Lipinski definition) is 0. The number of rotatable bonds is 4. The Hall–Kier alpha value is -2.32. The highest BCUT2D eigenvalue weighted by atomic mass is 32.2. The van der Waals surface area contributed by atoms with E-state index < -0.39 is 9.84 Å². The molecular weight excluding hydrogens is 396 g/mol. The van der Waals surface area contributed by atoms with E-state index in [9.17, 15) is 13.2 Å². The maximum atomic E-state index is 12.7. The van der Waals surface area contributed by atoms with Gasteiger partial charge in [-0.15, -0.1) is 0 Å². The Bertz CT molecular complexity index is 1020. The fraction of sp³-hybridized carbons (Fsp3) is 0.300. The molecule has 2 atom stereocenters. The molecule has 4 rings (SSSR count). The van der Waals surface area contributed by atoms with Gasteiger partial charge in [0.1, 0.15) is 5.75 Å². The van der Waals surface area contributed by atoms with Gasteiger partial charge in [0.05, 0.1) is 31.1 Å². The number of thioether (sulfide) groups is 1. The molecule has 0 aliphatic carbocycles. The second kappa shape index (κ2) is 7.60. The van der Waals surface area contributed by atoms with Crippen LogP contribution >= 0.6 is 11.8 Å². The Kier molecular flexibility index (Phi) is 5.16. The van der Waals surface area contributed by atoms with Gasteiger partial charge in [-0.2, -0.15) is 4.99 Å². The highest BCUT2D eigenvalue weighted by Gasteiger charge is 2.49. The van der Waals surface area contributed by atoms with Crippen LogP contribution in [0.2, 0.25) is 0 Å². The number of anilines is 1. The van der Waals surface area contributed by atoms with Crippen molar-refractivity contribution >= 4 is 38.4 Å². The molecule has 0 bridgehead atoms. The summed E-state index contributed by atoms with van der Waals surface area (Å²) >= 11 is 1.38. The molecule has 2 saturated heterocycles. The largest absolute Gasteiger partial charge is 0.496 e. The zero-order valence-corrected chi connectivity index (χ0v) is 16.9. The molecule has 6 nitrogen and oxygen atoms in total. The molecule has 2 heterocycles. The summed E-state index contributed by atoms with van der Waals surface area (Å²) in [4.78, 5) is 18.9. The maximum Gasteiger partial charge on any atom is 0.252 e. The van der Waals surface area contributed by atoms with Crippen LogP contribution in [-0.4, -0.2) is 49.4 Å². The van der Waals surface area contributed by atoms with Gasteiger partial charge in [-0.25, -0.2) is 8.42 Å². The summed E-state index contributed by atoms with van der Waals surface area (Å²) in [6.07, 6.45) is 0.129. The fourth-order valence-corrected chi connectivity index (χ4v) is 7.54. The highest BCUT2D eigenvalue weighted by molar-refractivity contribution is 8.16. The van der Waals surface area contributed by atoms with Gasteiger partial charge in [-0.05, 0) is 18.2 Å². The van der Waals surface area contributed by atoms with Crippen LogP contribution in [0.1, 0.15) is 5.56 Å². The molecule has 1 amide bonds. The number of aliphatic imine (C=N–C) groups is 1. The minimum Gasteiger partial charge on any atom is -0.496 e. The highest BCUT2D eigenvalue weighted by Crippen LogP contribution is 2.40. The summed E-state index contributed by atoms with van der Waals surface area (Å²) in [6, 6.07) is 16.7. The number of amidine groups is 1. The van der Waals surface area contributed by atoms with E-state index in [0.717, 1.165) is 11.3 Å². The zero-order chi connectivity index (χ0) is 19.7. The third-order valence-electron chi connectivity index (χ3n) is 4.86. The van der Waals surface area contributed by atoms with Gasteiger partial charge < -0.3 is 9.64 Å². The molecule has 2 aromatic rings. The smallest absolute Gasteiger partial charge is 0.252 e. The van der Waals surface area contributed by atoms with Crippen LogP contribution in [0.25, 0.3) is 0 Å². The van der Waals surface area contributed by atoms with Crippen molar-refractivity contribution in [3.8, 4) is 5.75 Å². The van der Waals surface area contributed by atoms with Crippen LogP contribution in [0.4, 0.5) is 5.69 Å². The first kappa shape index (κ1) is 19.0. The molecule has 0 spiro atoms. The predicted molar refractivity (Wildman–Crippen MR) is 112 cm³/mol. The van der Waals surface area contributed by atoms with Crippen molar-refractivity contribution < 1.29 is 17.9 Å². The molecule has 0 aromatic heterocycles. The van der Waals surface area contributed by atoms with Gasteiger partial charge in [-0.1, -0.05) is 48.2 Å². The number of benzene rings is 2. The summed E-state index contributed by atoms with van der Waals surface area (Å²) < 4.78 is 29.5. The van der Waals surface area contributed by atoms with E-state index in [-0.39, 0.29) is 35.1 Å². The lowest BCUT2D eigenvalue weighted by molar-refractivity contribution is -0.117. The van der Waals surface area contributed by atoms with Gasteiger partial charge in [0, 0.05) is 16.5 Å². The third kappa shape index (κ3) is 3.79. The lowest BCUT2D eigenvalue weighted by Crippen LogP contribution is -2.37. The second-order valence-electron chi connectivity index (χ2n) is 6.78. The number of ether oxygens (including phenoxy) is 1. The number of methoxy groups -OCH3 is 1. The number of carbonyl (C=O) groups is 1. The number of fused-ring (bicyclic) bond motifs is 1. The van der Waals surface area contributed by atoms with E-state index in [1.54, 1.807) is 7.11 Å². The first-order valence-corrected chi connectivity index (χ1v) is 11.6. The number of amides is 1. The Morgan fingerprint density at radius 1 is 1.14 bits per heavy atom. The molecular formula is C20H20N2O4S2. The van der Waals surface area contributed by atoms with Gasteiger partial charge >= 0.3 is 0 Å². The molecule has 2 aliphatic rings. The number of nitrogens with zero attached hydrogens (tertiary/aromatic N) is 2. The first-order valence-electron chi connectivity index (χ1n) is 8.91. The molecule has 0 radical (unpaired) electrons. The normalized spacial score (nSPS) is 24.3. The van der Waals surface area contributed by atoms with Gasteiger partial charge in [-0.3, -0.25) is 4.79 Å². The Morgan fingerprint density at radius 3 is 2.61 bits per heavy atom. The zero-order valence-electron chi connectivity index (χ0n) is 15.3. The topological polar surface area (TPSA) is 76.0 Å². The van der Waals surface area contributed by atoms with Crippen LogP contribution in [0.3, 0.4) is 0 Å². The van der Waals surface area contributed by atoms with Crippen molar-refractivity contribution in [1.29, 1.82) is 0 Å². The van der Waals surface area contributed by atoms with Gasteiger partial charge in [0.25, 0.3) is 5.91 Å². The Balaban J connectivity index is 1.63. The van der Waals surface area contributed by atoms with Gasteiger partial charge in [0.15, 0.2) is 15.0 Å². The molecule has 28 heavy (non-hydrogen) atoms. The minimum absolute atomic E-state index is 0.0826. The van der Waals surface area contributed by atoms with Crippen LogP contribution in [0.5, 0.6) is 5.75 Å². The molecule has 0 N–H and O–H groups in total. The minimum atomic E-state index is -3.07. The third-order valence-corrected chi connectivity index (χ3v) is 8.07. The fourth-order valence-electron chi connectivity index (χ4n) is 3.61. The summed E-state index contributed by atoms with van der Waals surface area (Å²) in [6.45, 7) is 0. The van der Waals surface area contributed by atoms with E-state index in [0.29, 0.717) is 10.9 Å². The first-order chi connectivity index (χ1) is 13.5. The van der Waals surface area contributed by atoms with E-state index in [2.05, 4.69) is 4.99 Å². The van der Waals surface area contributed by atoms with Crippen molar-refractivity contribution in [3.05, 3.63) is 60.2 Å². The quantitative estimate of drug-likeness (QED) is 0.762. The SMILES string of the molecule is COc1ccccc1CC(=O)N=C1S[C@@H]2CS(=O)(=O)C[C@@H]2N1c1ccccc1. The molecule has 0 saturated carbocycles. The number of para-hydroxylation sites is 2. The monoisotopic (exact) mass is 416 g/mol. The standard InChI is InChI=1S/C20H20N2O4S2/c1-26-17-10-6-5-7-14(17)11-19(23)21-20-22(15-8-3-2-4-9-15)16-12-28(24,25)13-18(16)27-20/h2-10,16,18H,11-13H2,1H3/t16-,18+/m0/s1. The van der Waals surface area contributed by atoms with Crippen LogP contribution < -0.4 is 9.64 Å². The maximum absolute atomic E-state index is 12.7. The van der Waals surface area contributed by atoms with Crippen molar-refractivity contribution in [1.82, 2.24) is 0 Å². The molecule has 2 fully saturated rings. The van der Waals surface area contributed by atoms with E-state index in [1.165, 1.54) is 11.8 Å². The van der Waals surface area contributed by atoms with Crippen LogP contribution in [0, 0.1) is 0 Å². The lowest BCUT2D eigenvalue weighted by atomic mass is 10.1. The van der Waals surface area contributed by atoms with E-state index in [4.69, 9.17) is 4.74 Å². The molecule has 2 aliphatic heterocycles. The Morgan fingerprint density at radius 2 is 1.86 bits per heavy atom. The average molecular weight is 417 g/mol. The summed E-state index contributed by atoms with van der Waals surface area (Å²) in [5, 5.41) is 0.457. The van der Waals surface area contributed by atoms with Crippen LogP contribution in [0.15, 0.2) is 59.6 Å². The lowest BCUT2D eigenvalue weighted by Gasteiger charge is -2.24. The summed E-state index contributed by atoms with van der Waals surface area (Å²) in [5.74, 6) is 0.568. The number of sulfone groups is 1. The van der Waals surface area contributed by atoms with Gasteiger partial charge in [0.2, 0.25) is 0 Å². The van der Waals surface area contributed by atoms with Crippen molar-refractivity contribution in [2.75, 3.05) is 23.5 Å². The summed E-state index contributed by atoms with van der Waals surface area (Å²) in [7, 11) is -1.50. The Labute approximate surface area is 168 Å². The van der Waals surface area contributed by atoms with E-state index in [1.807, 2.05) is 59.5 Å². The number of hydrogen-bond acceptors (Lipinski definition) is 5. The molecule has 146 valence electrons. The molecule has 2 aromatic carbocycles. The molecule has 0 unspecified atom stereocenters. The average Bonchev–Trinajstić information content (AvgIpc) is 3.13. The van der Waals surface area contributed by atoms with E-state index >= 15 is 0 Å². The van der Waals surface area contributed by atoms with Crippen molar-refractivity contribution in [2.45, 2.75) is 17.7 Å². The predicted octanol–water partition coefficient (Wildman–Crippen LogP) is 2.54.